The van der Waals surface area contributed by atoms with Gasteiger partial charge in [0, 0.05) is 13.1 Å². The molecular formula is C14H20N2O5. The summed E-state index contributed by atoms with van der Waals surface area (Å²) in [4.78, 5) is 25.7. The number of hydrogen-bond donors (Lipinski definition) is 0. The van der Waals surface area contributed by atoms with Crippen LogP contribution in [0.5, 0.6) is 0 Å². The lowest BCUT2D eigenvalue weighted by Gasteiger charge is -2.35. The molecule has 1 aromatic rings. The zero-order valence-electron chi connectivity index (χ0n) is 12.7. The van der Waals surface area contributed by atoms with E-state index >= 15 is 0 Å². The first kappa shape index (κ1) is 15.5. The first-order chi connectivity index (χ1) is 9.88. The summed E-state index contributed by atoms with van der Waals surface area (Å²) in [6.07, 6.45) is -0.0353. The van der Waals surface area contributed by atoms with Gasteiger partial charge < -0.3 is 18.9 Å². The zero-order chi connectivity index (χ0) is 15.6. The van der Waals surface area contributed by atoms with Crippen molar-refractivity contribution >= 4 is 11.9 Å². The summed E-state index contributed by atoms with van der Waals surface area (Å²) < 4.78 is 15.5. The van der Waals surface area contributed by atoms with Crippen LogP contribution in [0.3, 0.4) is 0 Å². The maximum absolute atomic E-state index is 12.1. The molecule has 0 spiro atoms. The standard InChI is InChI=1S/C14H20N2O5/c1-8-5-16(6-9(2)20-8)12(17)7-19-14(18)13-10(3)15-21-11(13)4/h8-9H,5-7H2,1-4H3/t8-,9-/m1/s1. The Morgan fingerprint density at radius 1 is 1.29 bits per heavy atom. The molecule has 7 nitrogen and oxygen atoms in total. The van der Waals surface area contributed by atoms with Gasteiger partial charge in [0.1, 0.15) is 11.3 Å². The fraction of sp³-hybridized carbons (Fsp3) is 0.643. The topological polar surface area (TPSA) is 81.9 Å². The van der Waals surface area contributed by atoms with Gasteiger partial charge in [-0.05, 0) is 27.7 Å². The normalized spacial score (nSPS) is 22.2. The van der Waals surface area contributed by atoms with Crippen LogP contribution in [0.2, 0.25) is 0 Å². The van der Waals surface area contributed by atoms with E-state index in [0.29, 0.717) is 24.5 Å². The molecule has 0 bridgehead atoms. The van der Waals surface area contributed by atoms with E-state index < -0.39 is 5.97 Å². The summed E-state index contributed by atoms with van der Waals surface area (Å²) in [5.74, 6) is -0.426. The van der Waals surface area contributed by atoms with Crippen LogP contribution in [0.4, 0.5) is 0 Å². The van der Waals surface area contributed by atoms with Crippen molar-refractivity contribution in [2.45, 2.75) is 39.9 Å². The van der Waals surface area contributed by atoms with Gasteiger partial charge in [0.2, 0.25) is 0 Å². The van der Waals surface area contributed by atoms with Crippen LogP contribution >= 0.6 is 0 Å². The number of aryl methyl sites for hydroxylation is 2. The van der Waals surface area contributed by atoms with E-state index in [9.17, 15) is 9.59 Å². The Bertz CT molecular complexity index is 510. The summed E-state index contributed by atoms with van der Waals surface area (Å²) in [7, 11) is 0. The predicted octanol–water partition coefficient (Wildman–Crippen LogP) is 1.08. The maximum Gasteiger partial charge on any atom is 0.344 e. The molecule has 1 saturated heterocycles. The number of carbonyl (C=O) groups is 2. The number of rotatable bonds is 3. The highest BCUT2D eigenvalue weighted by molar-refractivity contribution is 5.93. The molecule has 0 N–H and O–H groups in total. The number of nitrogens with zero attached hydrogens (tertiary/aromatic N) is 2. The molecule has 116 valence electrons. The van der Waals surface area contributed by atoms with Gasteiger partial charge in [0.25, 0.3) is 5.91 Å². The minimum absolute atomic E-state index is 0.0176. The Hall–Kier alpha value is -1.89. The monoisotopic (exact) mass is 296 g/mol. The smallest absolute Gasteiger partial charge is 0.344 e. The van der Waals surface area contributed by atoms with Crippen molar-refractivity contribution < 1.29 is 23.6 Å². The number of ether oxygens (including phenoxy) is 2. The fourth-order valence-electron chi connectivity index (χ4n) is 2.45. The molecule has 1 amide bonds. The van der Waals surface area contributed by atoms with Crippen molar-refractivity contribution in [3.63, 3.8) is 0 Å². The zero-order valence-corrected chi connectivity index (χ0v) is 12.7. The second-order valence-corrected chi connectivity index (χ2v) is 5.33. The molecule has 0 aliphatic carbocycles. The molecule has 1 aliphatic heterocycles. The molecule has 0 saturated carbocycles. The van der Waals surface area contributed by atoms with Gasteiger partial charge in [-0.1, -0.05) is 5.16 Å². The van der Waals surface area contributed by atoms with Crippen LogP contribution in [-0.2, 0) is 14.3 Å². The van der Waals surface area contributed by atoms with Gasteiger partial charge in [-0.2, -0.15) is 0 Å². The van der Waals surface area contributed by atoms with E-state index in [2.05, 4.69) is 5.16 Å². The molecule has 2 heterocycles. The van der Waals surface area contributed by atoms with Gasteiger partial charge >= 0.3 is 5.97 Å². The number of aromatic nitrogens is 1. The minimum atomic E-state index is -0.589. The molecule has 1 fully saturated rings. The Labute approximate surface area is 123 Å². The van der Waals surface area contributed by atoms with Gasteiger partial charge in [-0.3, -0.25) is 4.79 Å². The molecule has 2 rings (SSSR count). The van der Waals surface area contributed by atoms with Crippen molar-refractivity contribution in [3.05, 3.63) is 17.0 Å². The van der Waals surface area contributed by atoms with Crippen LogP contribution in [0.15, 0.2) is 4.52 Å². The summed E-state index contributed by atoms with van der Waals surface area (Å²) in [5, 5.41) is 3.69. The van der Waals surface area contributed by atoms with Crippen LogP contribution < -0.4 is 0 Å². The average Bonchev–Trinajstić information content (AvgIpc) is 2.74. The van der Waals surface area contributed by atoms with Crippen LogP contribution in [0.1, 0.15) is 35.7 Å². The van der Waals surface area contributed by atoms with Crippen molar-refractivity contribution in [1.82, 2.24) is 10.1 Å². The quantitative estimate of drug-likeness (QED) is 0.776. The van der Waals surface area contributed by atoms with E-state index in [-0.39, 0.29) is 30.3 Å². The lowest BCUT2D eigenvalue weighted by Crippen LogP contribution is -2.49. The summed E-state index contributed by atoms with van der Waals surface area (Å²) in [6, 6.07) is 0. The second kappa shape index (κ2) is 6.26. The summed E-state index contributed by atoms with van der Waals surface area (Å²) in [5.41, 5.74) is 0.741. The molecule has 1 aromatic heterocycles. The Morgan fingerprint density at radius 3 is 2.43 bits per heavy atom. The van der Waals surface area contributed by atoms with Gasteiger partial charge in [-0.15, -0.1) is 0 Å². The van der Waals surface area contributed by atoms with Crippen molar-refractivity contribution in [1.29, 1.82) is 0 Å². The molecule has 7 heteroatoms. The van der Waals surface area contributed by atoms with Gasteiger partial charge in [-0.25, -0.2) is 4.79 Å². The summed E-state index contributed by atoms with van der Waals surface area (Å²) in [6.45, 7) is 7.82. The van der Waals surface area contributed by atoms with E-state index in [1.807, 2.05) is 13.8 Å². The van der Waals surface area contributed by atoms with Crippen molar-refractivity contribution in [3.8, 4) is 0 Å². The van der Waals surface area contributed by atoms with Crippen molar-refractivity contribution in [2.24, 2.45) is 0 Å². The second-order valence-electron chi connectivity index (χ2n) is 5.33. The largest absolute Gasteiger partial charge is 0.452 e. The average molecular weight is 296 g/mol. The number of esters is 1. The third-order valence-electron chi connectivity index (χ3n) is 3.34. The predicted molar refractivity (Wildman–Crippen MR) is 72.8 cm³/mol. The molecule has 21 heavy (non-hydrogen) atoms. The summed E-state index contributed by atoms with van der Waals surface area (Å²) >= 11 is 0. The van der Waals surface area contributed by atoms with Gasteiger partial charge in [0.15, 0.2) is 6.61 Å². The molecular weight excluding hydrogens is 276 g/mol. The van der Waals surface area contributed by atoms with E-state index in [0.717, 1.165) is 0 Å². The number of hydrogen-bond acceptors (Lipinski definition) is 6. The molecule has 2 atom stereocenters. The Morgan fingerprint density at radius 2 is 1.90 bits per heavy atom. The number of carbonyl (C=O) groups excluding carboxylic acids is 2. The van der Waals surface area contributed by atoms with Crippen LogP contribution in [0.25, 0.3) is 0 Å². The highest BCUT2D eigenvalue weighted by Gasteiger charge is 2.27. The molecule has 0 unspecified atom stereocenters. The number of amides is 1. The first-order valence-corrected chi connectivity index (χ1v) is 6.91. The lowest BCUT2D eigenvalue weighted by atomic mass is 10.2. The molecule has 0 aromatic carbocycles. The third-order valence-corrected chi connectivity index (χ3v) is 3.34. The van der Waals surface area contributed by atoms with Crippen LogP contribution in [0, 0.1) is 13.8 Å². The van der Waals surface area contributed by atoms with E-state index in [4.69, 9.17) is 14.0 Å². The minimum Gasteiger partial charge on any atom is -0.452 e. The van der Waals surface area contributed by atoms with Crippen molar-refractivity contribution in [2.75, 3.05) is 19.7 Å². The Kier molecular flexibility index (Phi) is 4.62. The number of morpholine rings is 1. The van der Waals surface area contributed by atoms with Crippen LogP contribution in [-0.4, -0.2) is 53.8 Å². The molecule has 1 aliphatic rings. The highest BCUT2D eigenvalue weighted by Crippen LogP contribution is 2.14. The van der Waals surface area contributed by atoms with E-state index in [1.165, 1.54) is 0 Å². The first-order valence-electron chi connectivity index (χ1n) is 6.91. The van der Waals surface area contributed by atoms with E-state index in [1.54, 1.807) is 18.7 Å². The fourth-order valence-corrected chi connectivity index (χ4v) is 2.45. The van der Waals surface area contributed by atoms with Gasteiger partial charge in [0.05, 0.1) is 17.9 Å². The third kappa shape index (κ3) is 3.60. The maximum atomic E-state index is 12.1. The lowest BCUT2D eigenvalue weighted by molar-refractivity contribution is -0.146. The molecule has 0 radical (unpaired) electrons. The highest BCUT2D eigenvalue weighted by atomic mass is 16.5. The Balaban J connectivity index is 1.91. The SMILES string of the molecule is Cc1noc(C)c1C(=O)OCC(=O)N1C[C@@H](C)O[C@H](C)C1.